The Morgan fingerprint density at radius 3 is 2.49 bits per heavy atom. The van der Waals surface area contributed by atoms with Gasteiger partial charge in [-0.25, -0.2) is 9.97 Å². The van der Waals surface area contributed by atoms with Crippen LogP contribution in [-0.2, 0) is 6.54 Å². The topological polar surface area (TPSA) is 57.2 Å². The van der Waals surface area contributed by atoms with Crippen molar-refractivity contribution in [2.75, 3.05) is 7.11 Å². The lowest BCUT2D eigenvalue weighted by Gasteiger charge is -2.12. The van der Waals surface area contributed by atoms with Crippen LogP contribution in [0, 0.1) is 0 Å². The first-order valence-corrected chi connectivity index (χ1v) is 11.5. The van der Waals surface area contributed by atoms with Gasteiger partial charge in [0.25, 0.3) is 0 Å². The van der Waals surface area contributed by atoms with Crippen LogP contribution in [0.15, 0.2) is 97.5 Å². The maximum atomic E-state index is 5.41. The van der Waals surface area contributed by atoms with Gasteiger partial charge in [-0.1, -0.05) is 48.5 Å². The van der Waals surface area contributed by atoms with Crippen LogP contribution in [0.1, 0.15) is 5.56 Å². The second kappa shape index (κ2) is 7.67. The van der Waals surface area contributed by atoms with Crippen LogP contribution < -0.4 is 4.74 Å². The van der Waals surface area contributed by atoms with E-state index in [0.717, 1.165) is 62.2 Å². The number of imidazole rings is 1. The van der Waals surface area contributed by atoms with Crippen molar-refractivity contribution >= 4 is 38.6 Å². The number of ether oxygens (including phenoxy) is 1. The molecule has 0 spiro atoms. The second-order valence-electron chi connectivity index (χ2n) is 8.59. The van der Waals surface area contributed by atoms with Crippen LogP contribution in [0.2, 0.25) is 0 Å². The predicted octanol–water partition coefficient (Wildman–Crippen LogP) is 6.11. The monoisotopic (exact) mass is 455 g/mol. The third-order valence-corrected chi connectivity index (χ3v) is 6.60. The Hall–Kier alpha value is -4.71. The zero-order valence-electron chi connectivity index (χ0n) is 19.1. The molecule has 0 N–H and O–H groups in total. The standard InChI is InChI=1S/C29H21N5O/c1-35-21-13-11-20(12-14-21)26-28-25(27-29(32-26)33-16-15-30-17-24(33)31-27)22-9-5-6-10-23(22)34(28)18-19-7-3-2-4-8-19/h2-17H,18H2,1H3. The summed E-state index contributed by atoms with van der Waals surface area (Å²) in [5.74, 6) is 0.816. The summed E-state index contributed by atoms with van der Waals surface area (Å²) in [5, 5.41) is 2.27. The average Bonchev–Trinajstić information content (AvgIpc) is 3.45. The summed E-state index contributed by atoms with van der Waals surface area (Å²) in [6.45, 7) is 0.732. The summed E-state index contributed by atoms with van der Waals surface area (Å²) in [7, 11) is 1.68. The normalized spacial score (nSPS) is 11.7. The molecule has 4 aromatic heterocycles. The SMILES string of the molecule is COc1ccc(-c2nc3c(nc4cnccn43)c3c4ccccc4n(Cc4ccccc4)c23)cc1. The Kier molecular flexibility index (Phi) is 4.32. The molecule has 0 aliphatic heterocycles. The summed E-state index contributed by atoms with van der Waals surface area (Å²) >= 11 is 0. The fourth-order valence-electron chi connectivity index (χ4n) is 5.00. The second-order valence-corrected chi connectivity index (χ2v) is 8.59. The van der Waals surface area contributed by atoms with Gasteiger partial charge in [-0.05, 0) is 35.9 Å². The van der Waals surface area contributed by atoms with Crippen molar-refractivity contribution in [1.82, 2.24) is 23.9 Å². The zero-order chi connectivity index (χ0) is 23.4. The molecular weight excluding hydrogens is 434 g/mol. The van der Waals surface area contributed by atoms with Crippen molar-refractivity contribution in [2.24, 2.45) is 0 Å². The first kappa shape index (κ1) is 19.7. The lowest BCUT2D eigenvalue weighted by molar-refractivity contribution is 0.415. The quantitative estimate of drug-likeness (QED) is 0.321. The van der Waals surface area contributed by atoms with Crippen LogP contribution in [0.4, 0.5) is 0 Å². The highest BCUT2D eigenvalue weighted by atomic mass is 16.5. The highest BCUT2D eigenvalue weighted by Gasteiger charge is 2.22. The number of methoxy groups -OCH3 is 1. The summed E-state index contributed by atoms with van der Waals surface area (Å²) in [6.07, 6.45) is 5.47. The maximum Gasteiger partial charge on any atom is 0.165 e. The summed E-state index contributed by atoms with van der Waals surface area (Å²) < 4.78 is 9.79. The van der Waals surface area contributed by atoms with Gasteiger partial charge in [0.1, 0.15) is 11.3 Å². The van der Waals surface area contributed by atoms with Crippen molar-refractivity contribution in [1.29, 1.82) is 0 Å². The Morgan fingerprint density at radius 2 is 1.66 bits per heavy atom. The van der Waals surface area contributed by atoms with E-state index in [0.29, 0.717) is 0 Å². The number of hydrogen-bond acceptors (Lipinski definition) is 4. The molecule has 0 radical (unpaired) electrons. The van der Waals surface area contributed by atoms with E-state index >= 15 is 0 Å². The number of nitrogens with zero attached hydrogens (tertiary/aromatic N) is 5. The third-order valence-electron chi connectivity index (χ3n) is 6.60. The number of fused-ring (bicyclic) bond motifs is 7. The number of rotatable bonds is 4. The molecule has 0 amide bonds. The van der Waals surface area contributed by atoms with Crippen molar-refractivity contribution in [2.45, 2.75) is 6.54 Å². The van der Waals surface area contributed by atoms with Crippen molar-refractivity contribution < 1.29 is 4.74 Å². The smallest absolute Gasteiger partial charge is 0.165 e. The molecule has 4 heterocycles. The van der Waals surface area contributed by atoms with E-state index in [2.05, 4.69) is 70.2 Å². The minimum Gasteiger partial charge on any atom is -0.497 e. The van der Waals surface area contributed by atoms with Crippen LogP contribution in [0.3, 0.4) is 0 Å². The highest BCUT2D eigenvalue weighted by Crippen LogP contribution is 2.39. The summed E-state index contributed by atoms with van der Waals surface area (Å²) in [6, 6.07) is 27.2. The Bertz CT molecular complexity index is 1850. The molecule has 0 saturated heterocycles. The van der Waals surface area contributed by atoms with E-state index in [9.17, 15) is 0 Å². The Balaban J connectivity index is 1.66. The fourth-order valence-corrected chi connectivity index (χ4v) is 5.00. The molecule has 0 unspecified atom stereocenters. The van der Waals surface area contributed by atoms with Gasteiger partial charge >= 0.3 is 0 Å². The molecule has 6 heteroatoms. The van der Waals surface area contributed by atoms with Gasteiger partial charge in [0, 0.05) is 40.8 Å². The molecule has 7 aromatic rings. The molecule has 0 aliphatic carbocycles. The molecule has 0 saturated carbocycles. The van der Waals surface area contributed by atoms with Gasteiger partial charge < -0.3 is 9.30 Å². The van der Waals surface area contributed by atoms with E-state index in [1.54, 1.807) is 19.5 Å². The average molecular weight is 456 g/mol. The van der Waals surface area contributed by atoms with Gasteiger partial charge in [0.2, 0.25) is 0 Å². The largest absolute Gasteiger partial charge is 0.497 e. The van der Waals surface area contributed by atoms with E-state index in [1.165, 1.54) is 5.56 Å². The molecule has 0 atom stereocenters. The van der Waals surface area contributed by atoms with Gasteiger partial charge in [-0.2, -0.15) is 0 Å². The van der Waals surface area contributed by atoms with Crippen molar-refractivity contribution in [3.63, 3.8) is 0 Å². The minimum atomic E-state index is 0.732. The van der Waals surface area contributed by atoms with Gasteiger partial charge in [0.05, 0.1) is 24.5 Å². The number of pyridine rings is 1. The Labute approximate surface area is 201 Å². The van der Waals surface area contributed by atoms with Gasteiger partial charge in [-0.15, -0.1) is 0 Å². The number of hydrogen-bond donors (Lipinski definition) is 0. The first-order valence-electron chi connectivity index (χ1n) is 11.5. The van der Waals surface area contributed by atoms with Crippen LogP contribution in [0.25, 0.3) is 49.9 Å². The van der Waals surface area contributed by atoms with Crippen LogP contribution in [-0.4, -0.2) is 31.0 Å². The summed E-state index contributed by atoms with van der Waals surface area (Å²) in [4.78, 5) is 14.5. The molecule has 0 aliphatic rings. The Morgan fingerprint density at radius 1 is 0.857 bits per heavy atom. The molecule has 6 nitrogen and oxygen atoms in total. The molecule has 3 aromatic carbocycles. The molecule has 0 bridgehead atoms. The van der Waals surface area contributed by atoms with E-state index in [-0.39, 0.29) is 0 Å². The van der Waals surface area contributed by atoms with Crippen LogP contribution >= 0.6 is 0 Å². The molecule has 0 fully saturated rings. The van der Waals surface area contributed by atoms with Gasteiger partial charge in [0.15, 0.2) is 11.3 Å². The van der Waals surface area contributed by atoms with Crippen molar-refractivity contribution in [3.8, 4) is 17.0 Å². The summed E-state index contributed by atoms with van der Waals surface area (Å²) in [5.41, 5.74) is 7.89. The molecule has 35 heavy (non-hydrogen) atoms. The van der Waals surface area contributed by atoms with E-state index in [1.807, 2.05) is 28.8 Å². The lowest BCUT2D eigenvalue weighted by Crippen LogP contribution is -2.02. The van der Waals surface area contributed by atoms with Crippen molar-refractivity contribution in [3.05, 3.63) is 103 Å². The first-order chi connectivity index (χ1) is 17.3. The number of benzene rings is 3. The van der Waals surface area contributed by atoms with Crippen LogP contribution in [0.5, 0.6) is 5.75 Å². The molecule has 7 rings (SSSR count). The lowest BCUT2D eigenvalue weighted by atomic mass is 10.1. The maximum absolute atomic E-state index is 5.41. The zero-order valence-corrected chi connectivity index (χ0v) is 19.1. The predicted molar refractivity (Wildman–Crippen MR) is 139 cm³/mol. The van der Waals surface area contributed by atoms with E-state index < -0.39 is 0 Å². The number of aromatic nitrogens is 5. The number of para-hydroxylation sites is 1. The molecular formula is C29H21N5O. The molecule has 168 valence electrons. The van der Waals surface area contributed by atoms with E-state index in [4.69, 9.17) is 14.7 Å². The highest BCUT2D eigenvalue weighted by molar-refractivity contribution is 6.21. The third kappa shape index (κ3) is 3.00. The minimum absolute atomic E-state index is 0.732. The fraction of sp³-hybridized carbons (Fsp3) is 0.0690. The van der Waals surface area contributed by atoms with Gasteiger partial charge in [-0.3, -0.25) is 9.38 Å².